The summed E-state index contributed by atoms with van der Waals surface area (Å²) in [6, 6.07) is 1.13. The molecule has 0 aromatic carbocycles. The molecular weight excluding hydrogens is 190 g/mol. The van der Waals surface area contributed by atoms with E-state index >= 15 is 0 Å². The number of aliphatic imine (C=N–C) groups is 1. The van der Waals surface area contributed by atoms with Gasteiger partial charge in [0, 0.05) is 13.1 Å². The molecule has 0 saturated carbocycles. The number of likely N-dealkylation sites (N-methyl/N-ethyl adjacent to an activating group) is 1. The molecule has 0 radical (unpaired) electrons. The highest BCUT2D eigenvalue weighted by atomic mass is 16.5. The highest BCUT2D eigenvalue weighted by Gasteiger charge is 2.44. The summed E-state index contributed by atoms with van der Waals surface area (Å²) in [6.45, 7) is 7.14. The Morgan fingerprint density at radius 3 is 2.67 bits per heavy atom. The number of hydrogen-bond acceptors (Lipinski definition) is 3. The van der Waals surface area contributed by atoms with Crippen molar-refractivity contribution in [1.29, 1.82) is 0 Å². The fraction of sp³-hybridized carbons (Fsp3) is 0.909. The fourth-order valence-electron chi connectivity index (χ4n) is 2.31. The summed E-state index contributed by atoms with van der Waals surface area (Å²) in [6.07, 6.45) is 2.31. The molecule has 0 aliphatic carbocycles. The van der Waals surface area contributed by atoms with Crippen molar-refractivity contribution in [1.82, 2.24) is 10.2 Å². The molecule has 2 heterocycles. The largest absolute Gasteiger partial charge is 0.463 e. The number of hydrogen-bond donors (Lipinski definition) is 1. The van der Waals surface area contributed by atoms with E-state index in [1.54, 1.807) is 0 Å². The van der Waals surface area contributed by atoms with Crippen LogP contribution in [0.5, 0.6) is 0 Å². The summed E-state index contributed by atoms with van der Waals surface area (Å²) in [7, 11) is 2.11. The lowest BCUT2D eigenvalue weighted by molar-refractivity contribution is 0.153. The van der Waals surface area contributed by atoms with Crippen LogP contribution in [-0.4, -0.2) is 49.2 Å². The number of amidine groups is 1. The molecular formula is C11H21N3O. The van der Waals surface area contributed by atoms with E-state index in [0.29, 0.717) is 6.04 Å². The molecule has 2 fully saturated rings. The van der Waals surface area contributed by atoms with E-state index in [0.717, 1.165) is 38.6 Å². The first-order chi connectivity index (χ1) is 7.14. The van der Waals surface area contributed by atoms with Crippen LogP contribution in [0.25, 0.3) is 0 Å². The summed E-state index contributed by atoms with van der Waals surface area (Å²) in [5.41, 5.74) is 0.207. The zero-order valence-corrected chi connectivity index (χ0v) is 9.92. The minimum Gasteiger partial charge on any atom is -0.463 e. The number of piperidine rings is 1. The Labute approximate surface area is 91.7 Å². The van der Waals surface area contributed by atoms with Crippen molar-refractivity contribution in [3.8, 4) is 0 Å². The lowest BCUT2D eigenvalue weighted by Crippen LogP contribution is -2.52. The topological polar surface area (TPSA) is 36.9 Å². The second kappa shape index (κ2) is 4.00. The molecule has 0 amide bonds. The van der Waals surface area contributed by atoms with E-state index < -0.39 is 0 Å². The smallest absolute Gasteiger partial charge is 0.287 e. The van der Waals surface area contributed by atoms with Gasteiger partial charge in [0.2, 0.25) is 0 Å². The maximum absolute atomic E-state index is 5.72. The summed E-state index contributed by atoms with van der Waals surface area (Å²) in [5, 5.41) is 3.39. The monoisotopic (exact) mass is 211 g/mol. The van der Waals surface area contributed by atoms with Crippen LogP contribution in [0.2, 0.25) is 0 Å². The van der Waals surface area contributed by atoms with Crippen LogP contribution in [0.1, 0.15) is 26.7 Å². The third-order valence-corrected chi connectivity index (χ3v) is 3.37. The molecule has 0 atom stereocenters. The second-order valence-corrected chi connectivity index (χ2v) is 4.83. The molecule has 2 aliphatic rings. The molecule has 2 saturated heterocycles. The van der Waals surface area contributed by atoms with Crippen molar-refractivity contribution >= 4 is 6.02 Å². The van der Waals surface area contributed by atoms with Crippen molar-refractivity contribution < 1.29 is 4.74 Å². The highest BCUT2D eigenvalue weighted by Crippen LogP contribution is 2.31. The van der Waals surface area contributed by atoms with E-state index in [9.17, 15) is 0 Å². The van der Waals surface area contributed by atoms with Gasteiger partial charge in [0.1, 0.15) is 6.61 Å². The van der Waals surface area contributed by atoms with Gasteiger partial charge in [0.15, 0.2) is 0 Å². The van der Waals surface area contributed by atoms with E-state index in [1.165, 1.54) is 0 Å². The first-order valence-electron chi connectivity index (χ1n) is 5.79. The van der Waals surface area contributed by atoms with E-state index in [-0.39, 0.29) is 5.54 Å². The molecule has 15 heavy (non-hydrogen) atoms. The van der Waals surface area contributed by atoms with Gasteiger partial charge in [0.05, 0.1) is 5.54 Å². The predicted octanol–water partition coefficient (Wildman–Crippen LogP) is 0.835. The van der Waals surface area contributed by atoms with Crippen LogP contribution in [-0.2, 0) is 4.74 Å². The summed E-state index contributed by atoms with van der Waals surface area (Å²) >= 11 is 0. The van der Waals surface area contributed by atoms with E-state index in [2.05, 4.69) is 36.1 Å². The van der Waals surface area contributed by atoms with Gasteiger partial charge in [-0.15, -0.1) is 0 Å². The molecule has 2 aliphatic heterocycles. The zero-order valence-electron chi connectivity index (χ0n) is 9.92. The Morgan fingerprint density at radius 2 is 2.07 bits per heavy atom. The molecule has 86 valence electrons. The first-order valence-corrected chi connectivity index (χ1v) is 5.79. The summed E-state index contributed by atoms with van der Waals surface area (Å²) in [4.78, 5) is 6.75. The second-order valence-electron chi connectivity index (χ2n) is 4.83. The fourth-order valence-corrected chi connectivity index (χ4v) is 2.31. The third-order valence-electron chi connectivity index (χ3n) is 3.37. The minimum absolute atomic E-state index is 0.207. The van der Waals surface area contributed by atoms with E-state index in [4.69, 9.17) is 4.74 Å². The Kier molecular flexibility index (Phi) is 2.87. The Hall–Kier alpha value is -0.770. The van der Waals surface area contributed by atoms with Crippen molar-refractivity contribution in [2.45, 2.75) is 38.3 Å². The van der Waals surface area contributed by atoms with Gasteiger partial charge in [-0.25, -0.2) is 4.99 Å². The lowest BCUT2D eigenvalue weighted by atomic mass is 9.89. The third kappa shape index (κ3) is 1.95. The molecule has 4 heteroatoms. The van der Waals surface area contributed by atoms with Crippen LogP contribution < -0.4 is 5.32 Å². The van der Waals surface area contributed by atoms with Crippen LogP contribution in [0.3, 0.4) is 0 Å². The van der Waals surface area contributed by atoms with Crippen LogP contribution in [0, 0.1) is 0 Å². The number of ether oxygens (including phenoxy) is 1. The van der Waals surface area contributed by atoms with Crippen molar-refractivity contribution in [2.75, 3.05) is 26.7 Å². The minimum atomic E-state index is 0.207. The van der Waals surface area contributed by atoms with Gasteiger partial charge in [-0.1, -0.05) is 0 Å². The number of rotatable bonds is 1. The normalized spacial score (nSPS) is 27.7. The van der Waals surface area contributed by atoms with Gasteiger partial charge in [0.25, 0.3) is 6.02 Å². The molecule has 2 rings (SSSR count). The molecule has 4 nitrogen and oxygen atoms in total. The standard InChI is InChI=1S/C11H21N3O/c1-9(2)13-10-14(3)11(8-15-10)4-6-12-7-5-11/h9,12H,4-8H2,1-3H3. The average molecular weight is 211 g/mol. The molecule has 1 N–H and O–H groups in total. The Bertz CT molecular complexity index is 257. The predicted molar refractivity (Wildman–Crippen MR) is 61.1 cm³/mol. The van der Waals surface area contributed by atoms with Gasteiger partial charge in [-0.05, 0) is 39.8 Å². The molecule has 0 aromatic heterocycles. The maximum atomic E-state index is 5.72. The maximum Gasteiger partial charge on any atom is 0.287 e. The number of nitrogens with zero attached hydrogens (tertiary/aromatic N) is 2. The SMILES string of the molecule is CC(C)N=C1OCC2(CCNCC2)N1C. The van der Waals surface area contributed by atoms with Crippen molar-refractivity contribution in [3.63, 3.8) is 0 Å². The van der Waals surface area contributed by atoms with Gasteiger partial charge < -0.3 is 15.0 Å². The first kappa shape index (κ1) is 10.7. The quantitative estimate of drug-likeness (QED) is 0.698. The van der Waals surface area contributed by atoms with Gasteiger partial charge >= 0.3 is 0 Å². The van der Waals surface area contributed by atoms with E-state index in [1.807, 2.05) is 0 Å². The molecule has 1 spiro atoms. The lowest BCUT2D eigenvalue weighted by Gasteiger charge is -2.37. The Balaban J connectivity index is 2.11. The average Bonchev–Trinajstić information content (AvgIpc) is 2.48. The summed E-state index contributed by atoms with van der Waals surface area (Å²) < 4.78 is 5.72. The van der Waals surface area contributed by atoms with Gasteiger partial charge in [-0.3, -0.25) is 0 Å². The molecule has 0 unspecified atom stereocenters. The zero-order chi connectivity index (χ0) is 10.9. The van der Waals surface area contributed by atoms with Crippen LogP contribution >= 0.6 is 0 Å². The molecule has 0 bridgehead atoms. The summed E-state index contributed by atoms with van der Waals surface area (Å²) in [5.74, 6) is 0. The van der Waals surface area contributed by atoms with Crippen LogP contribution in [0.4, 0.5) is 0 Å². The molecule has 0 aromatic rings. The van der Waals surface area contributed by atoms with Crippen molar-refractivity contribution in [3.05, 3.63) is 0 Å². The Morgan fingerprint density at radius 1 is 1.40 bits per heavy atom. The van der Waals surface area contributed by atoms with Gasteiger partial charge in [-0.2, -0.15) is 0 Å². The van der Waals surface area contributed by atoms with Crippen molar-refractivity contribution in [2.24, 2.45) is 4.99 Å². The van der Waals surface area contributed by atoms with Crippen LogP contribution in [0.15, 0.2) is 4.99 Å². The highest BCUT2D eigenvalue weighted by molar-refractivity contribution is 5.76. The number of nitrogens with one attached hydrogen (secondary N) is 1.